The molecule has 3 nitrogen and oxygen atoms in total. The Labute approximate surface area is 194 Å². The van der Waals surface area contributed by atoms with E-state index in [9.17, 15) is 13.6 Å². The molecule has 0 saturated carbocycles. The lowest BCUT2D eigenvalue weighted by Gasteiger charge is -2.10. The first-order valence-corrected chi connectivity index (χ1v) is 11.5. The number of ether oxygens (including phenoxy) is 2. The molecule has 33 heavy (non-hydrogen) atoms. The summed E-state index contributed by atoms with van der Waals surface area (Å²) in [5, 5.41) is 0. The minimum atomic E-state index is -0.658. The summed E-state index contributed by atoms with van der Waals surface area (Å²) in [5.41, 5.74) is 2.43. The van der Waals surface area contributed by atoms with Gasteiger partial charge in [-0.05, 0) is 66.4 Å². The normalized spacial score (nSPS) is 10.8. The highest BCUT2D eigenvalue weighted by Gasteiger charge is 2.13. The van der Waals surface area contributed by atoms with Crippen molar-refractivity contribution in [2.24, 2.45) is 0 Å². The lowest BCUT2D eigenvalue weighted by molar-refractivity contribution is 0.0728. The summed E-state index contributed by atoms with van der Waals surface area (Å²) >= 11 is 0. The Hall–Kier alpha value is -3.21. The number of aryl methyl sites for hydroxylation is 1. The molecule has 0 fully saturated rings. The number of benzene rings is 3. The molecule has 0 aliphatic carbocycles. The Balaban J connectivity index is 1.56. The fourth-order valence-electron chi connectivity index (χ4n) is 3.51. The standard InChI is InChI=1S/C28H30F2O3/c1-3-4-5-6-7-8-17-32-26-16-14-23(19-25(26)30)21-10-12-22(13-11-21)28(31)33-27-15-9-20(2)18-24(27)29/h9-16,18-19H,3-8,17H2,1-2H3. The van der Waals surface area contributed by atoms with E-state index in [4.69, 9.17) is 9.47 Å². The molecule has 0 aromatic heterocycles. The van der Waals surface area contributed by atoms with E-state index in [2.05, 4.69) is 6.92 Å². The average Bonchev–Trinajstić information content (AvgIpc) is 2.81. The van der Waals surface area contributed by atoms with Gasteiger partial charge in [-0.15, -0.1) is 0 Å². The van der Waals surface area contributed by atoms with Crippen molar-refractivity contribution in [2.45, 2.75) is 52.4 Å². The minimum absolute atomic E-state index is 0.117. The van der Waals surface area contributed by atoms with Gasteiger partial charge in [-0.1, -0.05) is 63.3 Å². The van der Waals surface area contributed by atoms with Crippen LogP contribution in [0.25, 0.3) is 11.1 Å². The summed E-state index contributed by atoms with van der Waals surface area (Å²) in [6, 6.07) is 15.8. The van der Waals surface area contributed by atoms with E-state index in [1.165, 1.54) is 43.9 Å². The maximum atomic E-state index is 14.5. The van der Waals surface area contributed by atoms with Crippen molar-refractivity contribution in [3.8, 4) is 22.6 Å². The molecular weight excluding hydrogens is 422 g/mol. The quantitative estimate of drug-likeness (QED) is 0.168. The van der Waals surface area contributed by atoms with E-state index < -0.39 is 17.6 Å². The zero-order valence-electron chi connectivity index (χ0n) is 19.2. The lowest BCUT2D eigenvalue weighted by atomic mass is 10.0. The zero-order chi connectivity index (χ0) is 23.6. The Bertz CT molecular complexity index is 1060. The first-order valence-electron chi connectivity index (χ1n) is 11.5. The van der Waals surface area contributed by atoms with Gasteiger partial charge in [-0.3, -0.25) is 0 Å². The Morgan fingerprint density at radius 3 is 2.09 bits per heavy atom. The second kappa shape index (κ2) is 12.1. The summed E-state index contributed by atoms with van der Waals surface area (Å²) in [5.74, 6) is -1.54. The van der Waals surface area contributed by atoms with Gasteiger partial charge in [0.2, 0.25) is 0 Å². The van der Waals surface area contributed by atoms with Crippen molar-refractivity contribution < 1.29 is 23.0 Å². The van der Waals surface area contributed by atoms with Crippen LogP contribution in [0.15, 0.2) is 60.7 Å². The molecule has 0 heterocycles. The predicted molar refractivity (Wildman–Crippen MR) is 127 cm³/mol. The van der Waals surface area contributed by atoms with Crippen LogP contribution in [0.1, 0.15) is 61.4 Å². The van der Waals surface area contributed by atoms with Crippen LogP contribution in [0.4, 0.5) is 8.78 Å². The number of halogens is 2. The minimum Gasteiger partial charge on any atom is -0.491 e. The number of rotatable bonds is 11. The van der Waals surface area contributed by atoms with Crippen molar-refractivity contribution in [1.29, 1.82) is 0 Å². The van der Waals surface area contributed by atoms with Gasteiger partial charge >= 0.3 is 5.97 Å². The molecule has 0 bridgehead atoms. The second-order valence-electron chi connectivity index (χ2n) is 8.16. The largest absolute Gasteiger partial charge is 0.491 e. The van der Waals surface area contributed by atoms with E-state index in [0.29, 0.717) is 12.2 Å². The van der Waals surface area contributed by atoms with Crippen molar-refractivity contribution >= 4 is 5.97 Å². The monoisotopic (exact) mass is 452 g/mol. The summed E-state index contributed by atoms with van der Waals surface area (Å²) in [4.78, 5) is 12.3. The number of hydrogen-bond acceptors (Lipinski definition) is 3. The Morgan fingerprint density at radius 1 is 0.758 bits per heavy atom. The fourth-order valence-corrected chi connectivity index (χ4v) is 3.51. The van der Waals surface area contributed by atoms with Gasteiger partial charge in [0.15, 0.2) is 23.1 Å². The Morgan fingerprint density at radius 2 is 1.39 bits per heavy atom. The third-order valence-electron chi connectivity index (χ3n) is 5.43. The van der Waals surface area contributed by atoms with Crippen LogP contribution >= 0.6 is 0 Å². The van der Waals surface area contributed by atoms with Crippen LogP contribution in [0.2, 0.25) is 0 Å². The third-order valence-corrected chi connectivity index (χ3v) is 5.43. The van der Waals surface area contributed by atoms with Crippen LogP contribution in [0, 0.1) is 18.6 Å². The predicted octanol–water partition coefficient (Wildman–Crippen LogP) is 7.90. The highest BCUT2D eigenvalue weighted by atomic mass is 19.1. The average molecular weight is 453 g/mol. The molecule has 0 atom stereocenters. The smallest absolute Gasteiger partial charge is 0.343 e. The molecule has 3 rings (SSSR count). The van der Waals surface area contributed by atoms with Gasteiger partial charge < -0.3 is 9.47 Å². The van der Waals surface area contributed by atoms with E-state index >= 15 is 0 Å². The number of carbonyl (C=O) groups excluding carboxylic acids is 1. The highest BCUT2D eigenvalue weighted by Crippen LogP contribution is 2.27. The molecule has 0 radical (unpaired) electrons. The van der Waals surface area contributed by atoms with Gasteiger partial charge in [0.25, 0.3) is 0 Å². The van der Waals surface area contributed by atoms with E-state index in [1.807, 2.05) is 0 Å². The van der Waals surface area contributed by atoms with Gasteiger partial charge in [0.05, 0.1) is 12.2 Å². The molecule has 3 aromatic rings. The zero-order valence-corrected chi connectivity index (χ0v) is 19.2. The Kier molecular flexibility index (Phi) is 8.99. The molecule has 0 saturated heterocycles. The number of unbranched alkanes of at least 4 members (excludes halogenated alkanes) is 5. The fraction of sp³-hybridized carbons (Fsp3) is 0.321. The number of esters is 1. The molecule has 0 amide bonds. The SMILES string of the molecule is CCCCCCCCOc1ccc(-c2ccc(C(=O)Oc3ccc(C)cc3F)cc2)cc1F. The number of carbonyl (C=O) groups is 1. The van der Waals surface area contributed by atoms with Crippen molar-refractivity contribution in [3.63, 3.8) is 0 Å². The summed E-state index contributed by atoms with van der Waals surface area (Å²) in [6.07, 6.45) is 6.89. The summed E-state index contributed by atoms with van der Waals surface area (Å²) < 4.78 is 39.2. The first kappa shape index (κ1) is 24.4. The van der Waals surface area contributed by atoms with Gasteiger partial charge in [0, 0.05) is 0 Å². The highest BCUT2D eigenvalue weighted by molar-refractivity contribution is 5.91. The molecule has 0 aliphatic heterocycles. The molecule has 0 N–H and O–H groups in total. The van der Waals surface area contributed by atoms with Crippen LogP contribution in [-0.4, -0.2) is 12.6 Å². The molecule has 3 aromatic carbocycles. The van der Waals surface area contributed by atoms with Crippen LogP contribution in [-0.2, 0) is 0 Å². The van der Waals surface area contributed by atoms with E-state index in [-0.39, 0.29) is 17.1 Å². The van der Waals surface area contributed by atoms with Gasteiger partial charge in [0.1, 0.15) is 0 Å². The lowest BCUT2D eigenvalue weighted by Crippen LogP contribution is -2.09. The van der Waals surface area contributed by atoms with E-state index in [1.54, 1.807) is 49.4 Å². The van der Waals surface area contributed by atoms with Gasteiger partial charge in [-0.25, -0.2) is 13.6 Å². The van der Waals surface area contributed by atoms with Crippen molar-refractivity contribution in [3.05, 3.63) is 83.4 Å². The maximum Gasteiger partial charge on any atom is 0.343 e. The molecule has 174 valence electrons. The third kappa shape index (κ3) is 7.14. The summed E-state index contributed by atoms with van der Waals surface area (Å²) in [6.45, 7) is 4.44. The molecule has 0 unspecified atom stereocenters. The van der Waals surface area contributed by atoms with Crippen molar-refractivity contribution in [1.82, 2.24) is 0 Å². The number of hydrogen-bond donors (Lipinski definition) is 0. The first-order chi connectivity index (χ1) is 16.0. The van der Waals surface area contributed by atoms with Crippen molar-refractivity contribution in [2.75, 3.05) is 6.61 Å². The maximum absolute atomic E-state index is 14.5. The molecule has 0 spiro atoms. The molecular formula is C28H30F2O3. The van der Waals surface area contributed by atoms with Gasteiger partial charge in [-0.2, -0.15) is 0 Å². The van der Waals surface area contributed by atoms with Crippen LogP contribution in [0.5, 0.6) is 11.5 Å². The topological polar surface area (TPSA) is 35.5 Å². The van der Waals surface area contributed by atoms with E-state index in [0.717, 1.165) is 24.0 Å². The molecule has 5 heteroatoms. The van der Waals surface area contributed by atoms with Crippen LogP contribution < -0.4 is 9.47 Å². The molecule has 0 aliphatic rings. The second-order valence-corrected chi connectivity index (χ2v) is 8.16. The van der Waals surface area contributed by atoms with Crippen LogP contribution in [0.3, 0.4) is 0 Å². The summed E-state index contributed by atoms with van der Waals surface area (Å²) in [7, 11) is 0.